The predicted octanol–water partition coefficient (Wildman–Crippen LogP) is 4.34. The van der Waals surface area contributed by atoms with Gasteiger partial charge in [-0.15, -0.1) is 0 Å². The Morgan fingerprint density at radius 1 is 1.15 bits per heavy atom. The van der Waals surface area contributed by atoms with Crippen LogP contribution in [0.5, 0.6) is 5.75 Å². The number of fused-ring (bicyclic) bond motifs is 1. The summed E-state index contributed by atoms with van der Waals surface area (Å²) < 4.78 is 43.4. The van der Waals surface area contributed by atoms with Crippen molar-refractivity contribution in [3.05, 3.63) is 71.4 Å². The van der Waals surface area contributed by atoms with E-state index in [1.54, 1.807) is 18.2 Å². The van der Waals surface area contributed by atoms with Gasteiger partial charge in [-0.05, 0) is 35.4 Å². The third kappa shape index (κ3) is 4.11. The number of phenolic OH excluding ortho intramolecular Hbond substituents is 1. The highest BCUT2D eigenvalue weighted by Gasteiger charge is 2.30. The molecule has 140 valence electrons. The van der Waals surface area contributed by atoms with Gasteiger partial charge in [-0.1, -0.05) is 24.3 Å². The van der Waals surface area contributed by atoms with Crippen LogP contribution in [0.25, 0.3) is 10.9 Å². The Balaban J connectivity index is 1.97. The van der Waals surface area contributed by atoms with Gasteiger partial charge in [0.25, 0.3) is 0 Å². The summed E-state index contributed by atoms with van der Waals surface area (Å²) in [5.74, 6) is -0.00347. The highest BCUT2D eigenvalue weighted by Crippen LogP contribution is 2.33. The first kappa shape index (κ1) is 18.5. The quantitative estimate of drug-likeness (QED) is 0.709. The number of carbonyl (C=O) groups is 1. The van der Waals surface area contributed by atoms with Gasteiger partial charge in [-0.3, -0.25) is 4.98 Å². The molecule has 0 radical (unpaired) electrons. The van der Waals surface area contributed by atoms with Crippen molar-refractivity contribution in [2.75, 3.05) is 0 Å². The predicted molar refractivity (Wildman–Crippen MR) is 92.0 cm³/mol. The van der Waals surface area contributed by atoms with Crippen LogP contribution in [0.2, 0.25) is 0 Å². The molecule has 1 amide bonds. The number of carbonyl (C=O) groups excluding carboxylic acids is 1. The van der Waals surface area contributed by atoms with Crippen molar-refractivity contribution in [2.45, 2.75) is 18.7 Å². The number of pyridine rings is 1. The number of ether oxygens (including phenoxy) is 1. The summed E-state index contributed by atoms with van der Waals surface area (Å²) in [6.07, 6.45) is -4.72. The fraction of sp³-hybridized carbons (Fsp3) is 0.158. The molecule has 0 aliphatic heterocycles. The number of amides is 1. The number of benzene rings is 2. The molecule has 3 rings (SSSR count). The van der Waals surface area contributed by atoms with Crippen molar-refractivity contribution in [3.8, 4) is 5.75 Å². The van der Waals surface area contributed by atoms with Crippen molar-refractivity contribution >= 4 is 17.0 Å². The molecule has 0 aliphatic carbocycles. The number of aromatic nitrogens is 1. The van der Waals surface area contributed by atoms with Crippen LogP contribution in [0, 0.1) is 0 Å². The van der Waals surface area contributed by atoms with E-state index in [1.165, 1.54) is 24.4 Å². The van der Waals surface area contributed by atoms with E-state index in [0.29, 0.717) is 22.0 Å². The lowest BCUT2D eigenvalue weighted by atomic mass is 9.97. The Morgan fingerprint density at radius 2 is 1.85 bits per heavy atom. The Labute approximate surface area is 152 Å². The maximum absolute atomic E-state index is 12.8. The average Bonchev–Trinajstić information content (AvgIpc) is 2.62. The second-order valence-corrected chi connectivity index (χ2v) is 5.89. The molecule has 2 aromatic carbocycles. The van der Waals surface area contributed by atoms with Crippen LogP contribution in [0.3, 0.4) is 0 Å². The highest BCUT2D eigenvalue weighted by molar-refractivity contribution is 5.87. The normalized spacial score (nSPS) is 12.7. The van der Waals surface area contributed by atoms with Crippen LogP contribution < -0.4 is 5.73 Å². The van der Waals surface area contributed by atoms with Crippen molar-refractivity contribution in [2.24, 2.45) is 5.73 Å². The molecule has 0 bridgehead atoms. The first-order chi connectivity index (χ1) is 12.8. The Hall–Kier alpha value is -3.29. The van der Waals surface area contributed by atoms with Crippen LogP contribution in [0.4, 0.5) is 18.0 Å². The molecule has 0 saturated heterocycles. The summed E-state index contributed by atoms with van der Waals surface area (Å²) in [7, 11) is 0. The van der Waals surface area contributed by atoms with Crippen molar-refractivity contribution < 1.29 is 27.8 Å². The Kier molecular flexibility index (Phi) is 4.89. The standard InChI is InChI=1S/C19H15F3N2O3/c20-19(21,22)13-6-3-11(4-7-13)16(27-18(23)26)10-12-5-8-15(25)17-14(12)2-1-9-24-17/h1-9,16,25H,10H2,(H2,23,26). The van der Waals surface area contributed by atoms with Gasteiger partial charge in [0.1, 0.15) is 17.4 Å². The minimum Gasteiger partial charge on any atom is -0.506 e. The van der Waals surface area contributed by atoms with E-state index in [1.807, 2.05) is 0 Å². The number of hydrogen-bond donors (Lipinski definition) is 2. The number of aromatic hydroxyl groups is 1. The monoisotopic (exact) mass is 376 g/mol. The number of hydrogen-bond acceptors (Lipinski definition) is 4. The van der Waals surface area contributed by atoms with Gasteiger partial charge in [-0.2, -0.15) is 13.2 Å². The lowest BCUT2D eigenvalue weighted by Crippen LogP contribution is -2.19. The number of rotatable bonds is 4. The molecule has 27 heavy (non-hydrogen) atoms. The number of alkyl halides is 3. The molecular weight excluding hydrogens is 361 g/mol. The minimum atomic E-state index is -4.46. The molecule has 0 saturated carbocycles. The fourth-order valence-electron chi connectivity index (χ4n) is 2.85. The SMILES string of the molecule is NC(=O)OC(Cc1ccc(O)c2ncccc12)c1ccc(C(F)(F)F)cc1. The van der Waals surface area contributed by atoms with E-state index >= 15 is 0 Å². The molecule has 1 atom stereocenters. The van der Waals surface area contributed by atoms with Crippen molar-refractivity contribution in [1.29, 1.82) is 0 Å². The van der Waals surface area contributed by atoms with Crippen LogP contribution in [-0.4, -0.2) is 16.2 Å². The molecular formula is C19H15F3N2O3. The zero-order chi connectivity index (χ0) is 19.6. The Morgan fingerprint density at radius 3 is 2.48 bits per heavy atom. The molecule has 3 aromatic rings. The van der Waals surface area contributed by atoms with E-state index in [-0.39, 0.29) is 12.2 Å². The third-order valence-corrected chi connectivity index (χ3v) is 4.11. The first-order valence-electron chi connectivity index (χ1n) is 7.94. The molecule has 0 spiro atoms. The number of halogens is 3. The maximum Gasteiger partial charge on any atom is 0.416 e. The third-order valence-electron chi connectivity index (χ3n) is 4.11. The largest absolute Gasteiger partial charge is 0.506 e. The summed E-state index contributed by atoms with van der Waals surface area (Å²) in [5.41, 5.74) is 5.76. The first-order valence-corrected chi connectivity index (χ1v) is 7.94. The van der Waals surface area contributed by atoms with Gasteiger partial charge in [0.15, 0.2) is 0 Å². The van der Waals surface area contributed by atoms with Crippen LogP contribution >= 0.6 is 0 Å². The lowest BCUT2D eigenvalue weighted by molar-refractivity contribution is -0.137. The number of primary amides is 1. The molecule has 3 N–H and O–H groups in total. The number of nitrogens with two attached hydrogens (primary N) is 1. The zero-order valence-corrected chi connectivity index (χ0v) is 13.9. The zero-order valence-electron chi connectivity index (χ0n) is 13.9. The molecule has 1 aromatic heterocycles. The fourth-order valence-corrected chi connectivity index (χ4v) is 2.85. The average molecular weight is 376 g/mol. The summed E-state index contributed by atoms with van der Waals surface area (Å²) in [6.45, 7) is 0. The second kappa shape index (κ2) is 7.14. The summed E-state index contributed by atoms with van der Waals surface area (Å²) in [6, 6.07) is 10.9. The molecule has 1 unspecified atom stereocenters. The van der Waals surface area contributed by atoms with E-state index in [4.69, 9.17) is 10.5 Å². The summed E-state index contributed by atoms with van der Waals surface area (Å²) >= 11 is 0. The van der Waals surface area contributed by atoms with Gasteiger partial charge in [0.2, 0.25) is 0 Å². The Bertz CT molecular complexity index is 972. The highest BCUT2D eigenvalue weighted by atomic mass is 19.4. The topological polar surface area (TPSA) is 85.4 Å². The van der Waals surface area contributed by atoms with Gasteiger partial charge < -0.3 is 15.6 Å². The van der Waals surface area contributed by atoms with E-state index in [0.717, 1.165) is 12.1 Å². The number of nitrogens with zero attached hydrogens (tertiary/aromatic N) is 1. The van der Waals surface area contributed by atoms with E-state index in [2.05, 4.69) is 4.98 Å². The van der Waals surface area contributed by atoms with Gasteiger partial charge >= 0.3 is 12.3 Å². The number of phenols is 1. The summed E-state index contributed by atoms with van der Waals surface area (Å²) in [5, 5.41) is 10.6. The minimum absolute atomic E-state index is 0.00347. The molecule has 8 heteroatoms. The lowest BCUT2D eigenvalue weighted by Gasteiger charge is -2.19. The molecule has 1 heterocycles. The molecule has 0 fully saturated rings. The van der Waals surface area contributed by atoms with E-state index in [9.17, 15) is 23.1 Å². The van der Waals surface area contributed by atoms with Crippen molar-refractivity contribution in [3.63, 3.8) is 0 Å². The second-order valence-electron chi connectivity index (χ2n) is 5.89. The van der Waals surface area contributed by atoms with Crippen LogP contribution in [0.1, 0.15) is 22.8 Å². The summed E-state index contributed by atoms with van der Waals surface area (Å²) in [4.78, 5) is 15.4. The van der Waals surface area contributed by atoms with Crippen LogP contribution in [-0.2, 0) is 17.3 Å². The smallest absolute Gasteiger partial charge is 0.416 e. The van der Waals surface area contributed by atoms with Crippen LogP contribution in [0.15, 0.2) is 54.7 Å². The maximum atomic E-state index is 12.8. The van der Waals surface area contributed by atoms with Gasteiger partial charge in [0, 0.05) is 18.0 Å². The van der Waals surface area contributed by atoms with E-state index < -0.39 is 23.9 Å². The molecule has 0 aliphatic rings. The van der Waals surface area contributed by atoms with Crippen molar-refractivity contribution in [1.82, 2.24) is 4.98 Å². The molecule has 5 nitrogen and oxygen atoms in total. The van der Waals surface area contributed by atoms with Gasteiger partial charge in [0.05, 0.1) is 5.56 Å². The van der Waals surface area contributed by atoms with Gasteiger partial charge in [-0.25, -0.2) is 4.79 Å².